The van der Waals surface area contributed by atoms with Crippen LogP contribution in [0, 0.1) is 0 Å². The van der Waals surface area contributed by atoms with Crippen LogP contribution in [0.3, 0.4) is 0 Å². The predicted octanol–water partition coefficient (Wildman–Crippen LogP) is 3.08. The Balaban J connectivity index is 1.70. The number of thiophene rings is 1. The molecular formula is C19H24N4OS. The zero-order chi connectivity index (χ0) is 17.8. The predicted molar refractivity (Wildman–Crippen MR) is 103 cm³/mol. The van der Waals surface area contributed by atoms with Gasteiger partial charge in [-0.3, -0.25) is 4.79 Å². The molecule has 0 fully saturated rings. The van der Waals surface area contributed by atoms with E-state index in [1.807, 2.05) is 49.0 Å². The molecule has 132 valence electrons. The van der Waals surface area contributed by atoms with Gasteiger partial charge >= 0.3 is 0 Å². The average molecular weight is 356 g/mol. The van der Waals surface area contributed by atoms with Gasteiger partial charge in [0.05, 0.1) is 17.1 Å². The molecule has 0 bridgehead atoms. The molecular weight excluding hydrogens is 332 g/mol. The summed E-state index contributed by atoms with van der Waals surface area (Å²) in [6.45, 7) is 2.96. The van der Waals surface area contributed by atoms with E-state index in [-0.39, 0.29) is 11.9 Å². The summed E-state index contributed by atoms with van der Waals surface area (Å²) in [6.07, 6.45) is 0.803. The number of nitrogens with zero attached hydrogens (tertiary/aromatic N) is 3. The van der Waals surface area contributed by atoms with Gasteiger partial charge in [-0.05, 0) is 37.7 Å². The van der Waals surface area contributed by atoms with Gasteiger partial charge in [-0.25, -0.2) is 4.98 Å². The van der Waals surface area contributed by atoms with Gasteiger partial charge in [0.2, 0.25) is 5.91 Å². The first-order chi connectivity index (χ1) is 12.1. The van der Waals surface area contributed by atoms with Crippen molar-refractivity contribution in [2.24, 2.45) is 0 Å². The van der Waals surface area contributed by atoms with E-state index < -0.39 is 0 Å². The van der Waals surface area contributed by atoms with Crippen LogP contribution in [0.5, 0.6) is 0 Å². The highest BCUT2D eigenvalue weighted by atomic mass is 32.1. The number of imidazole rings is 1. The second-order valence-corrected chi connectivity index (χ2v) is 7.23. The van der Waals surface area contributed by atoms with Crippen molar-refractivity contribution in [1.82, 2.24) is 19.8 Å². The fourth-order valence-corrected chi connectivity index (χ4v) is 3.92. The third-order valence-electron chi connectivity index (χ3n) is 4.34. The third-order valence-corrected chi connectivity index (χ3v) is 5.31. The van der Waals surface area contributed by atoms with Gasteiger partial charge in [0.1, 0.15) is 12.4 Å². The second-order valence-electron chi connectivity index (χ2n) is 6.26. The number of benzene rings is 1. The molecule has 0 aliphatic heterocycles. The summed E-state index contributed by atoms with van der Waals surface area (Å²) in [5.74, 6) is 0.958. The Morgan fingerprint density at radius 1 is 1.28 bits per heavy atom. The van der Waals surface area contributed by atoms with Crippen LogP contribution in [-0.2, 0) is 17.8 Å². The lowest BCUT2D eigenvalue weighted by atomic mass is 10.2. The first kappa shape index (κ1) is 17.6. The van der Waals surface area contributed by atoms with Crippen molar-refractivity contribution in [2.75, 3.05) is 20.6 Å². The minimum Gasteiger partial charge on any atom is -0.353 e. The van der Waals surface area contributed by atoms with Crippen LogP contribution in [0.2, 0.25) is 0 Å². The molecule has 0 aliphatic rings. The number of amides is 1. The Labute approximate surface area is 152 Å². The maximum absolute atomic E-state index is 12.5. The van der Waals surface area contributed by atoms with E-state index in [9.17, 15) is 4.79 Å². The molecule has 0 unspecified atom stereocenters. The van der Waals surface area contributed by atoms with Crippen molar-refractivity contribution in [3.05, 3.63) is 52.5 Å². The van der Waals surface area contributed by atoms with E-state index in [0.29, 0.717) is 13.1 Å². The van der Waals surface area contributed by atoms with E-state index >= 15 is 0 Å². The lowest BCUT2D eigenvalue weighted by Gasteiger charge is -2.23. The molecule has 1 atom stereocenters. The van der Waals surface area contributed by atoms with E-state index in [0.717, 1.165) is 23.3 Å². The molecule has 1 aromatic carbocycles. The van der Waals surface area contributed by atoms with Crippen LogP contribution in [0.4, 0.5) is 0 Å². The zero-order valence-electron chi connectivity index (χ0n) is 14.9. The number of rotatable bonds is 7. The maximum Gasteiger partial charge on any atom is 0.240 e. The molecule has 0 spiro atoms. The number of carbonyl (C=O) groups excluding carboxylic acids is 1. The number of para-hydroxylation sites is 2. The molecule has 0 saturated carbocycles. The fourth-order valence-electron chi connectivity index (χ4n) is 3.00. The summed E-state index contributed by atoms with van der Waals surface area (Å²) in [5.41, 5.74) is 1.95. The number of aryl methyl sites for hydroxylation is 1. The molecule has 1 amide bonds. The van der Waals surface area contributed by atoms with Crippen molar-refractivity contribution in [3.8, 4) is 0 Å². The summed E-state index contributed by atoms with van der Waals surface area (Å²) in [6, 6.07) is 12.3. The van der Waals surface area contributed by atoms with Crippen molar-refractivity contribution >= 4 is 28.3 Å². The van der Waals surface area contributed by atoms with Gasteiger partial charge in [-0.15, -0.1) is 11.3 Å². The Morgan fingerprint density at radius 3 is 2.76 bits per heavy atom. The second kappa shape index (κ2) is 7.80. The quantitative estimate of drug-likeness (QED) is 0.708. The Kier molecular flexibility index (Phi) is 5.50. The van der Waals surface area contributed by atoms with Crippen LogP contribution >= 0.6 is 11.3 Å². The van der Waals surface area contributed by atoms with Crippen molar-refractivity contribution in [1.29, 1.82) is 0 Å². The van der Waals surface area contributed by atoms with Crippen LogP contribution in [0.25, 0.3) is 11.0 Å². The summed E-state index contributed by atoms with van der Waals surface area (Å²) in [7, 11) is 4.07. The lowest BCUT2D eigenvalue weighted by Crippen LogP contribution is -2.36. The molecule has 3 rings (SSSR count). The first-order valence-electron chi connectivity index (χ1n) is 8.50. The standard InChI is InChI=1S/C19H24N4OS/c1-4-18-21-14-8-5-6-9-15(14)23(18)13-19(24)20-12-16(22(2)3)17-10-7-11-25-17/h5-11,16H,4,12-13H2,1-3H3,(H,20,24)/t16-/m1/s1. The Hall–Kier alpha value is -2.18. The highest BCUT2D eigenvalue weighted by Gasteiger charge is 2.17. The van der Waals surface area contributed by atoms with E-state index in [4.69, 9.17) is 0 Å². The molecule has 5 nitrogen and oxygen atoms in total. The summed E-state index contributed by atoms with van der Waals surface area (Å²) in [4.78, 5) is 20.6. The molecule has 0 saturated heterocycles. The van der Waals surface area contributed by atoms with Gasteiger partial charge < -0.3 is 14.8 Å². The number of carbonyl (C=O) groups is 1. The molecule has 3 aromatic rings. The van der Waals surface area contributed by atoms with Gasteiger partial charge in [0.25, 0.3) is 0 Å². The highest BCUT2D eigenvalue weighted by molar-refractivity contribution is 7.10. The molecule has 2 heterocycles. The number of hydrogen-bond donors (Lipinski definition) is 1. The van der Waals surface area contributed by atoms with Gasteiger partial charge in [0, 0.05) is 17.8 Å². The summed E-state index contributed by atoms with van der Waals surface area (Å²) >= 11 is 1.72. The third kappa shape index (κ3) is 3.91. The number of likely N-dealkylation sites (N-methyl/N-ethyl adjacent to an activating group) is 1. The number of nitrogens with one attached hydrogen (secondary N) is 1. The molecule has 0 aliphatic carbocycles. The lowest BCUT2D eigenvalue weighted by molar-refractivity contribution is -0.121. The van der Waals surface area contributed by atoms with Crippen LogP contribution in [0.15, 0.2) is 41.8 Å². The number of aromatic nitrogens is 2. The van der Waals surface area contributed by atoms with E-state index in [1.54, 1.807) is 11.3 Å². The minimum absolute atomic E-state index is 0.0151. The molecule has 0 radical (unpaired) electrons. The Morgan fingerprint density at radius 2 is 2.08 bits per heavy atom. The van der Waals surface area contributed by atoms with Crippen molar-refractivity contribution < 1.29 is 4.79 Å². The first-order valence-corrected chi connectivity index (χ1v) is 9.38. The summed E-state index contributed by atoms with van der Waals surface area (Å²) < 4.78 is 2.01. The highest BCUT2D eigenvalue weighted by Crippen LogP contribution is 2.22. The molecule has 2 aromatic heterocycles. The van der Waals surface area contributed by atoms with Crippen LogP contribution in [-0.4, -0.2) is 41.0 Å². The fraction of sp³-hybridized carbons (Fsp3) is 0.368. The van der Waals surface area contributed by atoms with Crippen LogP contribution < -0.4 is 5.32 Å². The monoisotopic (exact) mass is 356 g/mol. The van der Waals surface area contributed by atoms with Gasteiger partial charge in [-0.1, -0.05) is 25.1 Å². The normalized spacial score (nSPS) is 12.6. The SMILES string of the molecule is CCc1nc2ccccc2n1CC(=O)NC[C@H](c1cccs1)N(C)C. The molecule has 1 N–H and O–H groups in total. The largest absolute Gasteiger partial charge is 0.353 e. The van der Waals surface area contributed by atoms with Crippen LogP contribution in [0.1, 0.15) is 23.7 Å². The Bertz CT molecular complexity index is 838. The topological polar surface area (TPSA) is 50.2 Å². The minimum atomic E-state index is 0.0151. The van der Waals surface area contributed by atoms with E-state index in [1.165, 1.54) is 4.88 Å². The maximum atomic E-state index is 12.5. The van der Waals surface area contributed by atoms with E-state index in [2.05, 4.69) is 33.6 Å². The number of fused-ring (bicyclic) bond motifs is 1. The van der Waals surface area contributed by atoms with Gasteiger partial charge in [0.15, 0.2) is 0 Å². The summed E-state index contributed by atoms with van der Waals surface area (Å²) in [5, 5.41) is 5.15. The smallest absolute Gasteiger partial charge is 0.240 e. The molecule has 6 heteroatoms. The molecule has 25 heavy (non-hydrogen) atoms. The average Bonchev–Trinajstić information content (AvgIpc) is 3.23. The van der Waals surface area contributed by atoms with Crippen molar-refractivity contribution in [3.63, 3.8) is 0 Å². The van der Waals surface area contributed by atoms with Gasteiger partial charge in [-0.2, -0.15) is 0 Å². The van der Waals surface area contributed by atoms with Crippen molar-refractivity contribution in [2.45, 2.75) is 25.9 Å². The zero-order valence-corrected chi connectivity index (χ0v) is 15.7. The number of hydrogen-bond acceptors (Lipinski definition) is 4.